The number of hydrogen-bond donors (Lipinski definition) is 1. The molecule has 0 aliphatic rings. The summed E-state index contributed by atoms with van der Waals surface area (Å²) in [4.78, 5) is 4.70. The molecule has 0 bridgehead atoms. The van der Waals surface area contributed by atoms with Crippen LogP contribution in [-0.4, -0.2) is 23.0 Å². The van der Waals surface area contributed by atoms with Crippen LogP contribution in [0.4, 0.5) is 0 Å². The summed E-state index contributed by atoms with van der Waals surface area (Å²) in [6, 6.07) is 0. The molecule has 0 aliphatic carbocycles. The second-order valence-electron chi connectivity index (χ2n) is 2.27. The average molecular weight is 198 g/mol. The van der Waals surface area contributed by atoms with E-state index < -0.39 is 0 Å². The third-order valence-electron chi connectivity index (χ3n) is 1.35. The molecule has 1 rings (SSSR count). The lowest BCUT2D eigenvalue weighted by Gasteiger charge is -1.90. The minimum atomic E-state index is 0.144. The Hall–Kier alpha value is -1.47. The topological polar surface area (TPSA) is 50.3 Å². The number of rotatable bonds is 3. The molecule has 0 saturated carbocycles. The van der Waals surface area contributed by atoms with Crippen molar-refractivity contribution in [2.24, 2.45) is 5.16 Å². The van der Waals surface area contributed by atoms with Gasteiger partial charge in [0.2, 0.25) is 0 Å². The van der Waals surface area contributed by atoms with Gasteiger partial charge in [-0.3, -0.25) is 5.10 Å². The maximum absolute atomic E-state index is 5.73. The van der Waals surface area contributed by atoms with Crippen molar-refractivity contribution in [3.8, 4) is 12.3 Å². The fourth-order valence-corrected chi connectivity index (χ4v) is 0.955. The molecule has 0 amide bonds. The number of aryl methyl sites for hydroxylation is 1. The van der Waals surface area contributed by atoms with Gasteiger partial charge >= 0.3 is 0 Å². The molecular formula is C8H8ClN3O. The Labute approximate surface area is 80.9 Å². The van der Waals surface area contributed by atoms with E-state index >= 15 is 0 Å². The van der Waals surface area contributed by atoms with Gasteiger partial charge in [0, 0.05) is 5.69 Å². The Morgan fingerprint density at radius 3 is 3.15 bits per heavy atom. The summed E-state index contributed by atoms with van der Waals surface area (Å²) in [7, 11) is 0. The van der Waals surface area contributed by atoms with E-state index in [9.17, 15) is 0 Å². The van der Waals surface area contributed by atoms with Crippen LogP contribution in [0.2, 0.25) is 5.15 Å². The normalized spacial score (nSPS) is 10.2. The van der Waals surface area contributed by atoms with Crippen molar-refractivity contribution in [1.82, 2.24) is 10.2 Å². The Morgan fingerprint density at radius 1 is 1.85 bits per heavy atom. The molecule has 1 N–H and O–H groups in total. The Bertz CT molecular complexity index is 331. The van der Waals surface area contributed by atoms with Gasteiger partial charge in [-0.2, -0.15) is 5.10 Å². The molecule has 1 heterocycles. The van der Waals surface area contributed by atoms with Gasteiger partial charge in [0.1, 0.15) is 0 Å². The summed E-state index contributed by atoms with van der Waals surface area (Å²) in [5.41, 5.74) is 1.54. The summed E-state index contributed by atoms with van der Waals surface area (Å²) in [6.45, 7) is 1.98. The molecule has 0 aromatic carbocycles. The van der Waals surface area contributed by atoms with E-state index in [0.717, 1.165) is 5.69 Å². The first-order valence-corrected chi connectivity index (χ1v) is 3.92. The van der Waals surface area contributed by atoms with E-state index in [0.29, 0.717) is 10.7 Å². The maximum atomic E-state index is 5.73. The highest BCUT2D eigenvalue weighted by molar-refractivity contribution is 6.32. The van der Waals surface area contributed by atoms with Crippen LogP contribution in [0.1, 0.15) is 11.3 Å². The number of halogens is 1. The van der Waals surface area contributed by atoms with Crippen LogP contribution >= 0.6 is 11.6 Å². The second kappa shape index (κ2) is 4.53. The predicted octanol–water partition coefficient (Wildman–Crippen LogP) is 1.36. The van der Waals surface area contributed by atoms with Gasteiger partial charge in [-0.15, -0.1) is 6.42 Å². The van der Waals surface area contributed by atoms with Crippen molar-refractivity contribution in [2.45, 2.75) is 6.92 Å². The van der Waals surface area contributed by atoms with Gasteiger partial charge in [0.15, 0.2) is 11.8 Å². The first-order valence-electron chi connectivity index (χ1n) is 3.55. The number of H-pyrrole nitrogens is 1. The average Bonchev–Trinajstić information content (AvgIpc) is 2.42. The Morgan fingerprint density at radius 2 is 2.62 bits per heavy atom. The zero-order valence-electron chi connectivity index (χ0n) is 7.04. The molecule has 0 fully saturated rings. The van der Waals surface area contributed by atoms with Crippen molar-refractivity contribution < 1.29 is 4.84 Å². The monoisotopic (exact) mass is 197 g/mol. The number of oxime groups is 1. The highest BCUT2D eigenvalue weighted by Crippen LogP contribution is 2.12. The van der Waals surface area contributed by atoms with E-state index in [4.69, 9.17) is 22.9 Å². The maximum Gasteiger partial charge on any atom is 0.177 e. The van der Waals surface area contributed by atoms with Gasteiger partial charge in [0.05, 0.1) is 11.8 Å². The summed E-state index contributed by atoms with van der Waals surface area (Å²) in [5, 5.41) is 10.5. The quantitative estimate of drug-likeness (QED) is 0.344. The fourth-order valence-electron chi connectivity index (χ4n) is 0.723. The smallest absolute Gasteiger partial charge is 0.177 e. The van der Waals surface area contributed by atoms with E-state index in [-0.39, 0.29) is 6.61 Å². The Kier molecular flexibility index (Phi) is 3.35. The zero-order valence-corrected chi connectivity index (χ0v) is 7.80. The summed E-state index contributed by atoms with van der Waals surface area (Å²) >= 11 is 5.73. The van der Waals surface area contributed by atoms with Crippen molar-refractivity contribution >= 4 is 17.8 Å². The van der Waals surface area contributed by atoms with Crippen LogP contribution in [-0.2, 0) is 4.84 Å². The molecule has 0 radical (unpaired) electrons. The lowest BCUT2D eigenvalue weighted by atomic mass is 10.3. The molecular weight excluding hydrogens is 190 g/mol. The molecule has 0 saturated heterocycles. The number of hydrogen-bond acceptors (Lipinski definition) is 3. The highest BCUT2D eigenvalue weighted by atomic mass is 35.5. The standard InChI is InChI=1S/C8H8ClN3O/c1-3-4-13-10-5-7-6(2)11-12-8(7)9/h1,5H,4H2,2H3,(H,11,12)/b10-5+. The number of terminal acetylenes is 1. The van der Waals surface area contributed by atoms with Gasteiger partial charge in [-0.25, -0.2) is 0 Å². The molecule has 0 atom stereocenters. The SMILES string of the molecule is C#CCO/N=C/c1c(Cl)n[nH]c1C. The van der Waals surface area contributed by atoms with E-state index in [1.165, 1.54) is 6.21 Å². The third kappa shape index (κ3) is 2.49. The number of nitrogens with zero attached hydrogens (tertiary/aromatic N) is 2. The van der Waals surface area contributed by atoms with Crippen LogP contribution in [0.15, 0.2) is 5.16 Å². The van der Waals surface area contributed by atoms with E-state index in [1.54, 1.807) is 0 Å². The van der Waals surface area contributed by atoms with Crippen LogP contribution in [0.5, 0.6) is 0 Å². The molecule has 0 unspecified atom stereocenters. The highest BCUT2D eigenvalue weighted by Gasteiger charge is 2.04. The zero-order chi connectivity index (χ0) is 9.68. The van der Waals surface area contributed by atoms with Gasteiger partial charge in [0.25, 0.3) is 0 Å². The number of aromatic amines is 1. The molecule has 68 valence electrons. The lowest BCUT2D eigenvalue weighted by Crippen LogP contribution is -1.86. The molecule has 0 spiro atoms. The van der Waals surface area contributed by atoms with Gasteiger partial charge in [-0.05, 0) is 6.92 Å². The molecule has 4 nitrogen and oxygen atoms in total. The summed E-state index contributed by atoms with van der Waals surface area (Å²) in [5.74, 6) is 2.28. The van der Waals surface area contributed by atoms with Crippen LogP contribution in [0, 0.1) is 19.3 Å². The Balaban J connectivity index is 2.63. The summed E-state index contributed by atoms with van der Waals surface area (Å²) in [6.07, 6.45) is 6.43. The van der Waals surface area contributed by atoms with Crippen molar-refractivity contribution in [3.63, 3.8) is 0 Å². The second-order valence-corrected chi connectivity index (χ2v) is 2.62. The third-order valence-corrected chi connectivity index (χ3v) is 1.64. The van der Waals surface area contributed by atoms with E-state index in [2.05, 4.69) is 21.3 Å². The van der Waals surface area contributed by atoms with Crippen LogP contribution < -0.4 is 0 Å². The van der Waals surface area contributed by atoms with E-state index in [1.807, 2.05) is 6.92 Å². The first kappa shape index (κ1) is 9.62. The number of nitrogens with one attached hydrogen (secondary N) is 1. The molecule has 13 heavy (non-hydrogen) atoms. The van der Waals surface area contributed by atoms with Crippen LogP contribution in [0.25, 0.3) is 0 Å². The fraction of sp³-hybridized carbons (Fsp3) is 0.250. The van der Waals surface area contributed by atoms with Crippen molar-refractivity contribution in [1.29, 1.82) is 0 Å². The first-order chi connectivity index (χ1) is 6.25. The van der Waals surface area contributed by atoms with Gasteiger partial charge in [-0.1, -0.05) is 22.7 Å². The largest absolute Gasteiger partial charge is 0.383 e. The van der Waals surface area contributed by atoms with Crippen molar-refractivity contribution in [2.75, 3.05) is 6.61 Å². The summed E-state index contributed by atoms with van der Waals surface area (Å²) < 4.78 is 0. The number of aromatic nitrogens is 2. The molecule has 1 aromatic rings. The minimum absolute atomic E-state index is 0.144. The molecule has 0 aliphatic heterocycles. The van der Waals surface area contributed by atoms with Gasteiger partial charge < -0.3 is 4.84 Å². The molecule has 1 aromatic heterocycles. The lowest BCUT2D eigenvalue weighted by molar-refractivity contribution is 0.181. The van der Waals surface area contributed by atoms with Crippen LogP contribution in [0.3, 0.4) is 0 Å². The molecule has 5 heteroatoms. The van der Waals surface area contributed by atoms with Crippen molar-refractivity contribution in [3.05, 3.63) is 16.4 Å². The minimum Gasteiger partial charge on any atom is -0.383 e. The predicted molar refractivity (Wildman–Crippen MR) is 50.7 cm³/mol.